The fraction of sp³-hybridized carbons (Fsp3) is 0.455. The van der Waals surface area contributed by atoms with Crippen LogP contribution >= 0.6 is 0 Å². The van der Waals surface area contributed by atoms with E-state index in [2.05, 4.69) is 23.8 Å². The fourth-order valence-corrected chi connectivity index (χ4v) is 3.77. The molecule has 0 radical (unpaired) electrons. The topological polar surface area (TPSA) is 9.23 Å². The summed E-state index contributed by atoms with van der Waals surface area (Å²) >= 11 is 0. The molecule has 3 rings (SSSR count). The van der Waals surface area contributed by atoms with E-state index in [9.17, 15) is 22.0 Å². The van der Waals surface area contributed by atoms with Crippen LogP contribution in [-0.4, -0.2) is 12.3 Å². The summed E-state index contributed by atoms with van der Waals surface area (Å²) in [6.45, 7) is 2.24. The Labute approximate surface area is 161 Å². The zero-order chi connectivity index (χ0) is 20.4. The molecule has 2 aromatic rings. The van der Waals surface area contributed by atoms with Crippen LogP contribution in [0, 0.1) is 5.92 Å². The molecule has 0 unspecified atom stereocenters. The second kappa shape index (κ2) is 8.10. The fourth-order valence-electron chi connectivity index (χ4n) is 3.77. The van der Waals surface area contributed by atoms with Crippen LogP contribution in [0.15, 0.2) is 48.5 Å². The summed E-state index contributed by atoms with van der Waals surface area (Å²) in [6.07, 6.45) is -4.83. The molecule has 0 aliphatic heterocycles. The molecular formula is C22H23F5O. The average molecular weight is 398 g/mol. The average Bonchev–Trinajstić information content (AvgIpc) is 2.68. The summed E-state index contributed by atoms with van der Waals surface area (Å²) in [5, 5.41) is 0. The van der Waals surface area contributed by atoms with Crippen LogP contribution in [0.1, 0.15) is 50.5 Å². The van der Waals surface area contributed by atoms with Crippen molar-refractivity contribution in [2.75, 3.05) is 0 Å². The highest BCUT2D eigenvalue weighted by atomic mass is 19.4. The maximum atomic E-state index is 13.0. The van der Waals surface area contributed by atoms with Crippen molar-refractivity contribution in [1.29, 1.82) is 0 Å². The molecule has 1 nitrogen and oxygen atoms in total. The first-order chi connectivity index (χ1) is 13.2. The van der Waals surface area contributed by atoms with Gasteiger partial charge in [-0.3, -0.25) is 0 Å². The maximum absolute atomic E-state index is 13.0. The van der Waals surface area contributed by atoms with Crippen molar-refractivity contribution in [3.8, 4) is 16.9 Å². The molecule has 6 heteroatoms. The molecule has 0 saturated heterocycles. The molecule has 1 aliphatic rings. The van der Waals surface area contributed by atoms with Crippen molar-refractivity contribution in [3.05, 3.63) is 54.1 Å². The van der Waals surface area contributed by atoms with Gasteiger partial charge in [-0.2, -0.15) is 22.0 Å². The Bertz CT molecular complexity index is 757. The first-order valence-electron chi connectivity index (χ1n) is 9.53. The van der Waals surface area contributed by atoms with Gasteiger partial charge in [-0.1, -0.05) is 49.7 Å². The molecular weight excluding hydrogens is 375 g/mol. The van der Waals surface area contributed by atoms with E-state index in [-0.39, 0.29) is 0 Å². The molecule has 152 valence electrons. The van der Waals surface area contributed by atoms with Gasteiger partial charge in [0, 0.05) is 0 Å². The highest BCUT2D eigenvalue weighted by molar-refractivity contribution is 5.64. The summed E-state index contributed by atoms with van der Waals surface area (Å²) in [5.41, 5.74) is 2.90. The van der Waals surface area contributed by atoms with Crippen LogP contribution in [0.4, 0.5) is 22.0 Å². The monoisotopic (exact) mass is 398 g/mol. The van der Waals surface area contributed by atoms with Gasteiger partial charge in [0.05, 0.1) is 0 Å². The summed E-state index contributed by atoms with van der Waals surface area (Å²) in [4.78, 5) is 0. The zero-order valence-corrected chi connectivity index (χ0v) is 15.6. The molecule has 2 aromatic carbocycles. The van der Waals surface area contributed by atoms with Gasteiger partial charge in [-0.25, -0.2) is 0 Å². The summed E-state index contributed by atoms with van der Waals surface area (Å²) in [5.74, 6) is 0.869. The van der Waals surface area contributed by atoms with E-state index in [4.69, 9.17) is 0 Å². The van der Waals surface area contributed by atoms with Gasteiger partial charge >= 0.3 is 12.3 Å². The molecule has 0 N–H and O–H groups in total. The first kappa shape index (κ1) is 20.6. The molecule has 0 spiro atoms. The van der Waals surface area contributed by atoms with Crippen molar-refractivity contribution in [3.63, 3.8) is 0 Å². The van der Waals surface area contributed by atoms with Gasteiger partial charge in [0.2, 0.25) is 0 Å². The quantitative estimate of drug-likeness (QED) is 0.472. The van der Waals surface area contributed by atoms with E-state index in [0.29, 0.717) is 5.92 Å². The van der Waals surface area contributed by atoms with Crippen LogP contribution in [0.2, 0.25) is 0 Å². The van der Waals surface area contributed by atoms with Gasteiger partial charge in [0.15, 0.2) is 0 Å². The lowest BCUT2D eigenvalue weighted by atomic mass is 9.77. The van der Waals surface area contributed by atoms with E-state index < -0.39 is 18.0 Å². The minimum atomic E-state index is -5.75. The van der Waals surface area contributed by atoms with Crippen LogP contribution in [-0.2, 0) is 0 Å². The Balaban J connectivity index is 1.66. The Hall–Kier alpha value is -2.11. The van der Waals surface area contributed by atoms with Crippen molar-refractivity contribution >= 4 is 0 Å². The van der Waals surface area contributed by atoms with Gasteiger partial charge in [0.25, 0.3) is 0 Å². The molecule has 0 atom stereocenters. The normalized spacial score (nSPS) is 20.8. The highest BCUT2D eigenvalue weighted by Gasteiger charge is 2.61. The number of hydrogen-bond donors (Lipinski definition) is 0. The number of benzene rings is 2. The van der Waals surface area contributed by atoms with Gasteiger partial charge in [-0.05, 0) is 66.3 Å². The van der Waals surface area contributed by atoms with Gasteiger partial charge in [-0.15, -0.1) is 0 Å². The maximum Gasteiger partial charge on any atom is 0.499 e. The number of halogens is 5. The highest BCUT2D eigenvalue weighted by Crippen LogP contribution is 2.39. The standard InChI is InChI=1S/C22H23F5O/c1-2-15-3-5-16(6-4-15)17-7-9-18(10-8-17)19-11-13-20(14-12-19)28-22(26,27)21(23,24)25/h7-16H,2-6H2,1H3. The number of ether oxygens (including phenoxy) is 1. The smallest absolute Gasteiger partial charge is 0.426 e. The van der Waals surface area contributed by atoms with Crippen LogP contribution < -0.4 is 4.74 Å². The molecule has 1 saturated carbocycles. The Morgan fingerprint density at radius 3 is 1.75 bits per heavy atom. The lowest BCUT2D eigenvalue weighted by Crippen LogP contribution is -2.41. The van der Waals surface area contributed by atoms with Crippen LogP contribution in [0.25, 0.3) is 11.1 Å². The Kier molecular flexibility index (Phi) is 5.96. The van der Waals surface area contributed by atoms with Crippen molar-refractivity contribution in [2.24, 2.45) is 5.92 Å². The largest absolute Gasteiger partial charge is 0.499 e. The summed E-state index contributed by atoms with van der Waals surface area (Å²) in [7, 11) is 0. The van der Waals surface area contributed by atoms with E-state index in [1.165, 1.54) is 49.8 Å². The van der Waals surface area contributed by atoms with Gasteiger partial charge < -0.3 is 4.74 Å². The van der Waals surface area contributed by atoms with Crippen molar-refractivity contribution < 1.29 is 26.7 Å². The number of alkyl halides is 5. The molecule has 1 aliphatic carbocycles. The SMILES string of the molecule is CCC1CCC(c2ccc(-c3ccc(OC(F)(F)C(F)(F)F)cc3)cc2)CC1. The Morgan fingerprint density at radius 2 is 1.29 bits per heavy atom. The van der Waals surface area contributed by atoms with E-state index in [0.717, 1.165) is 29.2 Å². The number of hydrogen-bond acceptors (Lipinski definition) is 1. The third-order valence-electron chi connectivity index (χ3n) is 5.57. The van der Waals surface area contributed by atoms with Crippen LogP contribution in [0.3, 0.4) is 0 Å². The lowest BCUT2D eigenvalue weighted by Gasteiger charge is -2.28. The van der Waals surface area contributed by atoms with Crippen molar-refractivity contribution in [1.82, 2.24) is 0 Å². The molecule has 28 heavy (non-hydrogen) atoms. The molecule has 0 aromatic heterocycles. The zero-order valence-electron chi connectivity index (χ0n) is 15.6. The predicted molar refractivity (Wildman–Crippen MR) is 98.5 cm³/mol. The third kappa shape index (κ3) is 4.65. The third-order valence-corrected chi connectivity index (χ3v) is 5.57. The molecule has 0 heterocycles. The van der Waals surface area contributed by atoms with Gasteiger partial charge in [0.1, 0.15) is 5.75 Å². The summed E-state index contributed by atoms with van der Waals surface area (Å²) < 4.78 is 66.4. The summed E-state index contributed by atoms with van der Waals surface area (Å²) in [6, 6.07) is 13.3. The van der Waals surface area contributed by atoms with Crippen LogP contribution in [0.5, 0.6) is 5.75 Å². The minimum absolute atomic E-state index is 0.532. The second-order valence-corrected chi connectivity index (χ2v) is 7.39. The second-order valence-electron chi connectivity index (χ2n) is 7.39. The predicted octanol–water partition coefficient (Wildman–Crippen LogP) is 7.57. The Morgan fingerprint density at radius 1 is 0.786 bits per heavy atom. The lowest BCUT2D eigenvalue weighted by molar-refractivity contribution is -0.360. The van der Waals surface area contributed by atoms with E-state index in [1.807, 2.05) is 12.1 Å². The van der Waals surface area contributed by atoms with Crippen molar-refractivity contribution in [2.45, 2.75) is 57.2 Å². The molecule has 1 fully saturated rings. The minimum Gasteiger partial charge on any atom is -0.426 e. The molecule has 0 bridgehead atoms. The molecule has 0 amide bonds. The van der Waals surface area contributed by atoms with E-state index >= 15 is 0 Å². The number of rotatable bonds is 5. The first-order valence-corrected chi connectivity index (χ1v) is 9.53. The van der Waals surface area contributed by atoms with E-state index in [1.54, 1.807) is 0 Å².